The zero-order chi connectivity index (χ0) is 16.1. The third-order valence-electron chi connectivity index (χ3n) is 3.68. The first kappa shape index (κ1) is 21.7. The highest BCUT2D eigenvalue weighted by molar-refractivity contribution is 9.10. The van der Waals surface area contributed by atoms with Gasteiger partial charge in [-0.2, -0.15) is 0 Å². The molecule has 2 heterocycles. The number of halogens is 3. The van der Waals surface area contributed by atoms with Crippen LogP contribution in [0.25, 0.3) is 0 Å². The first-order valence-corrected chi connectivity index (χ1v) is 8.42. The van der Waals surface area contributed by atoms with Crippen molar-refractivity contribution in [3.05, 3.63) is 52.6 Å². The van der Waals surface area contributed by atoms with Crippen LogP contribution in [0.5, 0.6) is 11.6 Å². The number of ether oxygens (including phenoxy) is 1. The maximum Gasteiger partial charge on any atom is 0.257 e. The Hall–Kier alpha value is -1.34. The molecule has 0 saturated carbocycles. The number of hydrogen-bond donors (Lipinski definition) is 2. The van der Waals surface area contributed by atoms with E-state index in [0.717, 1.165) is 30.4 Å². The fourth-order valence-corrected chi connectivity index (χ4v) is 2.76. The molecule has 2 N–H and O–H groups in total. The molecule has 0 bridgehead atoms. The molecule has 136 valence electrons. The van der Waals surface area contributed by atoms with E-state index in [-0.39, 0.29) is 36.8 Å². The summed E-state index contributed by atoms with van der Waals surface area (Å²) in [7, 11) is 0. The summed E-state index contributed by atoms with van der Waals surface area (Å²) in [6.45, 7) is 1.81. The zero-order valence-electron chi connectivity index (χ0n) is 13.4. The van der Waals surface area contributed by atoms with E-state index in [1.54, 1.807) is 18.3 Å². The van der Waals surface area contributed by atoms with E-state index >= 15 is 0 Å². The summed E-state index contributed by atoms with van der Waals surface area (Å²) in [4.78, 5) is 16.7. The van der Waals surface area contributed by atoms with E-state index < -0.39 is 0 Å². The minimum Gasteiger partial charge on any atom is -0.438 e. The lowest BCUT2D eigenvalue weighted by molar-refractivity contribution is 0.0927. The Morgan fingerprint density at radius 2 is 2.00 bits per heavy atom. The average Bonchev–Trinajstić information content (AvgIpc) is 2.58. The van der Waals surface area contributed by atoms with Crippen LogP contribution in [0.1, 0.15) is 23.2 Å². The number of rotatable bonds is 4. The molecule has 1 aliphatic rings. The topological polar surface area (TPSA) is 63.2 Å². The number of carbonyl (C=O) groups is 1. The lowest BCUT2D eigenvalue weighted by Crippen LogP contribution is -2.45. The molecule has 1 aromatic carbocycles. The Bertz CT molecular complexity index is 680. The molecule has 5 nitrogen and oxygen atoms in total. The molecule has 1 amide bonds. The van der Waals surface area contributed by atoms with Crippen LogP contribution in [0.3, 0.4) is 0 Å². The number of nitrogens with one attached hydrogen (secondary N) is 2. The summed E-state index contributed by atoms with van der Waals surface area (Å²) < 4.78 is 6.73. The standard InChI is InChI=1S/C17H18BrN3O2.2ClH/c18-12-5-7-14(8-6-12)23-17-15(4-2-10-20-17)16(22)21-13-3-1-9-19-11-13;;/h2,4-8,10,13,19H,1,3,9,11H2,(H,21,22);2*1H. The maximum atomic E-state index is 12.5. The van der Waals surface area contributed by atoms with Crippen LogP contribution in [-0.4, -0.2) is 30.0 Å². The van der Waals surface area contributed by atoms with Crippen LogP contribution in [0, 0.1) is 0 Å². The summed E-state index contributed by atoms with van der Waals surface area (Å²) in [6.07, 6.45) is 3.68. The molecule has 8 heteroatoms. The van der Waals surface area contributed by atoms with Crippen molar-refractivity contribution >= 4 is 46.7 Å². The number of piperidine rings is 1. The van der Waals surface area contributed by atoms with E-state index in [1.165, 1.54) is 0 Å². The van der Waals surface area contributed by atoms with Crippen molar-refractivity contribution in [3.63, 3.8) is 0 Å². The molecule has 0 radical (unpaired) electrons. The van der Waals surface area contributed by atoms with Gasteiger partial charge in [0.1, 0.15) is 11.3 Å². The van der Waals surface area contributed by atoms with Gasteiger partial charge in [0.05, 0.1) is 0 Å². The van der Waals surface area contributed by atoms with E-state index in [9.17, 15) is 4.79 Å². The summed E-state index contributed by atoms with van der Waals surface area (Å²) in [5.74, 6) is 0.801. The monoisotopic (exact) mass is 447 g/mol. The maximum absolute atomic E-state index is 12.5. The SMILES string of the molecule is Cl.Cl.O=C(NC1CCCNC1)c1cccnc1Oc1ccc(Br)cc1. The van der Waals surface area contributed by atoms with Crippen molar-refractivity contribution in [1.29, 1.82) is 0 Å². The summed E-state index contributed by atoms with van der Waals surface area (Å²) in [6, 6.07) is 11.0. The van der Waals surface area contributed by atoms with Crippen LogP contribution < -0.4 is 15.4 Å². The van der Waals surface area contributed by atoms with Crippen molar-refractivity contribution in [3.8, 4) is 11.6 Å². The number of pyridine rings is 1. The second kappa shape index (κ2) is 10.6. The second-order valence-corrected chi connectivity index (χ2v) is 6.34. The van der Waals surface area contributed by atoms with Gasteiger partial charge in [0.25, 0.3) is 5.91 Å². The predicted octanol–water partition coefficient (Wildman–Crippen LogP) is 3.96. The highest BCUT2D eigenvalue weighted by Gasteiger charge is 2.19. The Balaban J connectivity index is 0.00000156. The van der Waals surface area contributed by atoms with Crippen LogP contribution in [0.2, 0.25) is 0 Å². The molecule has 0 aliphatic carbocycles. The molecule has 1 aliphatic heterocycles. The van der Waals surface area contributed by atoms with Gasteiger partial charge in [-0.25, -0.2) is 4.98 Å². The molecule has 1 saturated heterocycles. The Morgan fingerprint density at radius 3 is 2.68 bits per heavy atom. The third-order valence-corrected chi connectivity index (χ3v) is 4.20. The number of benzene rings is 1. The highest BCUT2D eigenvalue weighted by atomic mass is 79.9. The molecule has 1 unspecified atom stereocenters. The van der Waals surface area contributed by atoms with Gasteiger partial charge in [-0.1, -0.05) is 15.9 Å². The first-order chi connectivity index (χ1) is 11.2. The van der Waals surface area contributed by atoms with Crippen molar-refractivity contribution < 1.29 is 9.53 Å². The van der Waals surface area contributed by atoms with Gasteiger partial charge in [0.15, 0.2) is 0 Å². The quantitative estimate of drug-likeness (QED) is 0.742. The summed E-state index contributed by atoms with van der Waals surface area (Å²) in [5.41, 5.74) is 0.445. The molecule has 0 spiro atoms. The van der Waals surface area contributed by atoms with E-state index in [2.05, 4.69) is 31.5 Å². The minimum atomic E-state index is -0.154. The molecule has 1 fully saturated rings. The predicted molar refractivity (Wildman–Crippen MR) is 106 cm³/mol. The molecule has 1 atom stereocenters. The number of amides is 1. The van der Waals surface area contributed by atoms with Crippen molar-refractivity contribution in [2.24, 2.45) is 0 Å². The van der Waals surface area contributed by atoms with Crippen molar-refractivity contribution in [2.45, 2.75) is 18.9 Å². The number of carbonyl (C=O) groups excluding carboxylic acids is 1. The fourth-order valence-electron chi connectivity index (χ4n) is 2.50. The molecule has 2 aromatic rings. The largest absolute Gasteiger partial charge is 0.438 e. The normalized spacial score (nSPS) is 16.1. The van der Waals surface area contributed by atoms with E-state index in [4.69, 9.17) is 4.74 Å². The first-order valence-electron chi connectivity index (χ1n) is 7.62. The van der Waals surface area contributed by atoms with Crippen LogP contribution in [0.15, 0.2) is 47.1 Å². The van der Waals surface area contributed by atoms with Crippen molar-refractivity contribution in [1.82, 2.24) is 15.6 Å². The van der Waals surface area contributed by atoms with Gasteiger partial charge < -0.3 is 15.4 Å². The number of aromatic nitrogens is 1. The van der Waals surface area contributed by atoms with Gasteiger partial charge in [-0.05, 0) is 55.8 Å². The zero-order valence-corrected chi connectivity index (χ0v) is 16.6. The molecule has 25 heavy (non-hydrogen) atoms. The smallest absolute Gasteiger partial charge is 0.257 e. The van der Waals surface area contributed by atoms with Gasteiger partial charge >= 0.3 is 0 Å². The van der Waals surface area contributed by atoms with Crippen LogP contribution in [-0.2, 0) is 0 Å². The lowest BCUT2D eigenvalue weighted by Gasteiger charge is -2.24. The fraction of sp³-hybridized carbons (Fsp3) is 0.294. The Kier molecular flexibility index (Phi) is 9.21. The van der Waals surface area contributed by atoms with Gasteiger partial charge in [-0.15, -0.1) is 24.8 Å². The van der Waals surface area contributed by atoms with Crippen molar-refractivity contribution in [2.75, 3.05) is 13.1 Å². The van der Waals surface area contributed by atoms with E-state index in [0.29, 0.717) is 17.2 Å². The van der Waals surface area contributed by atoms with Gasteiger partial charge in [0, 0.05) is 23.3 Å². The van der Waals surface area contributed by atoms with Gasteiger partial charge in [0.2, 0.25) is 5.88 Å². The average molecular weight is 449 g/mol. The molecule has 1 aromatic heterocycles. The van der Waals surface area contributed by atoms with E-state index in [1.807, 2.05) is 24.3 Å². The number of nitrogens with zero attached hydrogens (tertiary/aromatic N) is 1. The highest BCUT2D eigenvalue weighted by Crippen LogP contribution is 2.24. The third kappa shape index (κ3) is 6.15. The Morgan fingerprint density at radius 1 is 1.24 bits per heavy atom. The van der Waals surface area contributed by atoms with Crippen LogP contribution >= 0.6 is 40.7 Å². The Labute approximate surface area is 167 Å². The summed E-state index contributed by atoms with van der Waals surface area (Å²) >= 11 is 3.38. The van der Waals surface area contributed by atoms with Crippen LogP contribution in [0.4, 0.5) is 0 Å². The second-order valence-electron chi connectivity index (χ2n) is 5.43. The minimum absolute atomic E-state index is 0. The molecular formula is C17H20BrCl2N3O2. The van der Waals surface area contributed by atoms with Gasteiger partial charge in [-0.3, -0.25) is 4.79 Å². The summed E-state index contributed by atoms with van der Waals surface area (Å²) in [5, 5.41) is 6.33. The number of hydrogen-bond acceptors (Lipinski definition) is 4. The lowest BCUT2D eigenvalue weighted by atomic mass is 10.1. The molecule has 3 rings (SSSR count). The molecular weight excluding hydrogens is 429 g/mol.